The molecule has 0 atom stereocenters. The molecule has 2 aromatic rings. The first-order chi connectivity index (χ1) is 11.0. The molecule has 0 bridgehead atoms. The third-order valence-electron chi connectivity index (χ3n) is 4.10. The van der Waals surface area contributed by atoms with Gasteiger partial charge in [-0.15, -0.1) is 11.3 Å². The van der Waals surface area contributed by atoms with Crippen molar-refractivity contribution in [3.8, 4) is 0 Å². The molecule has 0 aliphatic heterocycles. The normalized spacial score (nSPS) is 16.0. The van der Waals surface area contributed by atoms with E-state index >= 15 is 0 Å². The average Bonchev–Trinajstić information content (AvgIpc) is 3.24. The molecule has 1 amide bonds. The summed E-state index contributed by atoms with van der Waals surface area (Å²) in [6.45, 7) is 0.345. The molecular weight excluding hydrogens is 332 g/mol. The summed E-state index contributed by atoms with van der Waals surface area (Å²) in [5.74, 6) is 0.00937. The van der Waals surface area contributed by atoms with Gasteiger partial charge >= 0.3 is 0 Å². The summed E-state index contributed by atoms with van der Waals surface area (Å²) in [4.78, 5) is 13.3. The van der Waals surface area contributed by atoms with Crippen LogP contribution in [0.4, 0.5) is 0 Å². The fraction of sp³-hybridized carbons (Fsp3) is 0.312. The second-order valence-electron chi connectivity index (χ2n) is 5.56. The Morgan fingerprint density at radius 3 is 2.48 bits per heavy atom. The lowest BCUT2D eigenvalue weighted by molar-refractivity contribution is -0.123. The van der Waals surface area contributed by atoms with Gasteiger partial charge in [-0.25, -0.2) is 13.1 Å². The molecule has 23 heavy (non-hydrogen) atoms. The number of thiophene rings is 1. The van der Waals surface area contributed by atoms with E-state index in [2.05, 4.69) is 10.0 Å². The minimum Gasteiger partial charge on any atom is -0.350 e. The molecule has 0 spiro atoms. The highest BCUT2D eigenvalue weighted by Gasteiger charge is 2.50. The van der Waals surface area contributed by atoms with Crippen LogP contribution >= 0.6 is 11.3 Å². The molecule has 0 unspecified atom stereocenters. The van der Waals surface area contributed by atoms with Crippen molar-refractivity contribution in [2.75, 3.05) is 7.05 Å². The lowest BCUT2D eigenvalue weighted by atomic mass is 9.95. The molecule has 3 rings (SSSR count). The number of amides is 1. The molecule has 0 radical (unpaired) electrons. The zero-order chi connectivity index (χ0) is 16.5. The maximum atomic E-state index is 12.5. The Labute approximate surface area is 139 Å². The first kappa shape index (κ1) is 16.2. The fourth-order valence-electron chi connectivity index (χ4n) is 2.56. The van der Waals surface area contributed by atoms with Crippen molar-refractivity contribution in [2.24, 2.45) is 0 Å². The standard InChI is InChI=1S/C16H18N2O3S2/c1-17-23(20,21)14-8-7-13(22-14)11-18-15(19)16(9-10-16)12-5-3-2-4-6-12/h2-8,17H,9-11H2,1H3,(H,18,19). The Morgan fingerprint density at radius 2 is 1.87 bits per heavy atom. The Hall–Kier alpha value is -1.70. The molecule has 7 heteroatoms. The topological polar surface area (TPSA) is 75.3 Å². The van der Waals surface area contributed by atoms with Crippen molar-refractivity contribution in [1.82, 2.24) is 10.0 Å². The van der Waals surface area contributed by atoms with Gasteiger partial charge in [0.15, 0.2) is 0 Å². The van der Waals surface area contributed by atoms with Crippen molar-refractivity contribution >= 4 is 27.3 Å². The van der Waals surface area contributed by atoms with Crippen LogP contribution in [0.2, 0.25) is 0 Å². The van der Waals surface area contributed by atoms with Crippen molar-refractivity contribution in [2.45, 2.75) is 29.0 Å². The summed E-state index contributed by atoms with van der Waals surface area (Å²) < 4.78 is 26.0. The first-order valence-electron chi connectivity index (χ1n) is 7.34. The number of sulfonamides is 1. The number of hydrogen-bond acceptors (Lipinski definition) is 4. The van der Waals surface area contributed by atoms with E-state index in [1.54, 1.807) is 12.1 Å². The molecule has 1 fully saturated rings. The average molecular weight is 350 g/mol. The van der Waals surface area contributed by atoms with Crippen molar-refractivity contribution < 1.29 is 13.2 Å². The number of benzene rings is 1. The van der Waals surface area contributed by atoms with Crippen molar-refractivity contribution in [1.29, 1.82) is 0 Å². The van der Waals surface area contributed by atoms with Crippen molar-refractivity contribution in [3.63, 3.8) is 0 Å². The van der Waals surface area contributed by atoms with E-state index in [1.807, 2.05) is 30.3 Å². The summed E-state index contributed by atoms with van der Waals surface area (Å²) in [6, 6.07) is 13.1. The molecule has 1 aliphatic rings. The van der Waals surface area contributed by atoms with Crippen LogP contribution in [0.5, 0.6) is 0 Å². The van der Waals surface area contributed by atoms with Crippen LogP contribution in [0.3, 0.4) is 0 Å². The third-order valence-corrected chi connectivity index (χ3v) is 7.10. The number of rotatable bonds is 6. The summed E-state index contributed by atoms with van der Waals surface area (Å²) >= 11 is 1.17. The lowest BCUT2D eigenvalue weighted by Crippen LogP contribution is -2.34. The van der Waals surface area contributed by atoms with Gasteiger partial charge < -0.3 is 5.32 Å². The van der Waals surface area contributed by atoms with Crippen molar-refractivity contribution in [3.05, 3.63) is 52.9 Å². The number of carbonyl (C=O) groups is 1. The van der Waals surface area contributed by atoms with Gasteiger partial charge in [0.1, 0.15) is 4.21 Å². The molecule has 1 aromatic heterocycles. The van der Waals surface area contributed by atoms with Gasteiger partial charge in [0.25, 0.3) is 0 Å². The van der Waals surface area contributed by atoms with Gasteiger partial charge in [-0.05, 0) is 37.6 Å². The molecule has 2 N–H and O–H groups in total. The first-order valence-corrected chi connectivity index (χ1v) is 9.64. The maximum absolute atomic E-state index is 12.5. The molecular formula is C16H18N2O3S2. The quantitative estimate of drug-likeness (QED) is 0.837. The molecule has 1 saturated carbocycles. The molecule has 0 saturated heterocycles. The zero-order valence-corrected chi connectivity index (χ0v) is 14.3. The van der Waals surface area contributed by atoms with Crippen LogP contribution in [0.1, 0.15) is 23.3 Å². The van der Waals surface area contributed by atoms with Gasteiger partial charge in [-0.2, -0.15) is 0 Å². The van der Waals surface area contributed by atoms with E-state index in [0.717, 1.165) is 23.3 Å². The second kappa shape index (κ2) is 6.07. The predicted molar refractivity (Wildman–Crippen MR) is 89.8 cm³/mol. The summed E-state index contributed by atoms with van der Waals surface area (Å²) in [5.41, 5.74) is 0.639. The number of nitrogens with one attached hydrogen (secondary N) is 2. The van der Waals surface area contributed by atoms with E-state index in [0.29, 0.717) is 6.54 Å². The Kier molecular flexibility index (Phi) is 4.27. The van der Waals surface area contributed by atoms with Crippen LogP contribution in [-0.4, -0.2) is 21.4 Å². The number of hydrogen-bond donors (Lipinski definition) is 2. The van der Waals surface area contributed by atoms with Crippen LogP contribution in [0, 0.1) is 0 Å². The second-order valence-corrected chi connectivity index (χ2v) is 8.84. The Bertz CT molecular complexity index is 809. The third kappa shape index (κ3) is 3.17. The van der Waals surface area contributed by atoms with Gasteiger partial charge in [-0.3, -0.25) is 4.79 Å². The monoisotopic (exact) mass is 350 g/mol. The summed E-state index contributed by atoms with van der Waals surface area (Å²) in [7, 11) is -2.04. The van der Waals surface area contributed by atoms with Crippen LogP contribution < -0.4 is 10.0 Å². The van der Waals surface area contributed by atoms with Crippen LogP contribution in [0.15, 0.2) is 46.7 Å². The van der Waals surface area contributed by atoms with E-state index in [-0.39, 0.29) is 10.1 Å². The highest BCUT2D eigenvalue weighted by molar-refractivity contribution is 7.91. The summed E-state index contributed by atoms with van der Waals surface area (Å²) in [6.07, 6.45) is 1.71. The van der Waals surface area contributed by atoms with Gasteiger partial charge in [-0.1, -0.05) is 30.3 Å². The minimum atomic E-state index is -3.42. The Balaban J connectivity index is 1.67. The van der Waals surface area contributed by atoms with Crippen LogP contribution in [0.25, 0.3) is 0 Å². The predicted octanol–water partition coefficient (Wildman–Crippen LogP) is 2.00. The highest BCUT2D eigenvalue weighted by Crippen LogP contribution is 2.48. The zero-order valence-electron chi connectivity index (χ0n) is 12.7. The van der Waals surface area contributed by atoms with E-state index in [4.69, 9.17) is 0 Å². The van der Waals surface area contributed by atoms with E-state index < -0.39 is 15.4 Å². The largest absolute Gasteiger partial charge is 0.350 e. The molecule has 5 nitrogen and oxygen atoms in total. The summed E-state index contributed by atoms with van der Waals surface area (Å²) in [5, 5.41) is 2.94. The maximum Gasteiger partial charge on any atom is 0.249 e. The molecule has 1 aromatic carbocycles. The number of carbonyl (C=O) groups excluding carboxylic acids is 1. The highest BCUT2D eigenvalue weighted by atomic mass is 32.2. The minimum absolute atomic E-state index is 0.00937. The van der Waals surface area contributed by atoms with Gasteiger partial charge in [0.05, 0.1) is 12.0 Å². The van der Waals surface area contributed by atoms with Gasteiger partial charge in [0, 0.05) is 4.88 Å². The fourth-order valence-corrected chi connectivity index (χ4v) is 4.70. The lowest BCUT2D eigenvalue weighted by Gasteiger charge is -2.15. The van der Waals surface area contributed by atoms with E-state index in [1.165, 1.54) is 18.4 Å². The van der Waals surface area contributed by atoms with Crippen LogP contribution in [-0.2, 0) is 26.8 Å². The SMILES string of the molecule is CNS(=O)(=O)c1ccc(CNC(=O)C2(c3ccccc3)CC2)s1. The van der Waals surface area contributed by atoms with E-state index in [9.17, 15) is 13.2 Å². The smallest absolute Gasteiger partial charge is 0.249 e. The Morgan fingerprint density at radius 1 is 1.17 bits per heavy atom. The molecule has 1 heterocycles. The van der Waals surface area contributed by atoms with Gasteiger partial charge in [0.2, 0.25) is 15.9 Å². The molecule has 122 valence electrons. The molecule has 1 aliphatic carbocycles.